The molecule has 1 fully saturated rings. The first-order valence-corrected chi connectivity index (χ1v) is 6.43. The number of fused-ring (bicyclic) bond motifs is 1. The van der Waals surface area contributed by atoms with Gasteiger partial charge in [0, 0.05) is 24.1 Å². The van der Waals surface area contributed by atoms with Crippen molar-refractivity contribution < 1.29 is 9.90 Å². The molecule has 3 nitrogen and oxygen atoms in total. The van der Waals surface area contributed by atoms with Gasteiger partial charge in [-0.15, -0.1) is 0 Å². The maximum absolute atomic E-state index is 11.8. The van der Waals surface area contributed by atoms with E-state index in [-0.39, 0.29) is 0 Å². The molecule has 1 aliphatic carbocycles. The van der Waals surface area contributed by atoms with Gasteiger partial charge in [-0.25, -0.2) is 0 Å². The molecule has 1 aliphatic rings. The van der Waals surface area contributed by atoms with Crippen LogP contribution in [0.15, 0.2) is 30.5 Å². The van der Waals surface area contributed by atoms with Gasteiger partial charge in [0.2, 0.25) is 0 Å². The third-order valence-electron chi connectivity index (χ3n) is 4.28. The highest BCUT2D eigenvalue weighted by atomic mass is 16.4. The fraction of sp³-hybridized carbons (Fsp3) is 0.400. The predicted octanol–water partition coefficient (Wildman–Crippen LogP) is 3.07. The molecule has 0 atom stereocenters. The summed E-state index contributed by atoms with van der Waals surface area (Å²) in [6.45, 7) is 0. The summed E-state index contributed by atoms with van der Waals surface area (Å²) in [5.41, 5.74) is 1.44. The molecule has 0 radical (unpaired) electrons. The molecule has 0 spiro atoms. The lowest BCUT2D eigenvalue weighted by molar-refractivity contribution is -0.143. The summed E-state index contributed by atoms with van der Waals surface area (Å²) in [6, 6.07) is 8.06. The molecule has 1 aromatic heterocycles. The van der Waals surface area contributed by atoms with Crippen molar-refractivity contribution >= 4 is 16.9 Å². The smallest absolute Gasteiger partial charge is 0.314 e. The minimum absolute atomic E-state index is 0.666. The molecule has 2 aromatic rings. The maximum Gasteiger partial charge on any atom is 0.314 e. The number of benzene rings is 1. The van der Waals surface area contributed by atoms with Crippen LogP contribution in [0.2, 0.25) is 0 Å². The second kappa shape index (κ2) is 3.87. The number of carboxylic acid groups (broad SMARTS) is 1. The highest BCUT2D eigenvalue weighted by molar-refractivity contribution is 5.92. The molecular formula is C15H17NO2. The summed E-state index contributed by atoms with van der Waals surface area (Å²) >= 11 is 0. The number of aromatic nitrogens is 1. The van der Waals surface area contributed by atoms with Crippen LogP contribution in [0.25, 0.3) is 10.9 Å². The van der Waals surface area contributed by atoms with Gasteiger partial charge in [-0.05, 0) is 24.5 Å². The van der Waals surface area contributed by atoms with Crippen LogP contribution in [0.1, 0.15) is 31.2 Å². The van der Waals surface area contributed by atoms with E-state index < -0.39 is 11.4 Å². The van der Waals surface area contributed by atoms with Gasteiger partial charge in [-0.3, -0.25) is 4.79 Å². The lowest BCUT2D eigenvalue weighted by atomic mass is 9.79. The number of rotatable bonds is 2. The highest BCUT2D eigenvalue weighted by Crippen LogP contribution is 2.44. The number of carbonyl (C=O) groups is 1. The van der Waals surface area contributed by atoms with Crippen LogP contribution >= 0.6 is 0 Å². The van der Waals surface area contributed by atoms with Gasteiger partial charge in [0.15, 0.2) is 0 Å². The molecule has 1 aromatic carbocycles. The van der Waals surface area contributed by atoms with Crippen molar-refractivity contribution in [2.75, 3.05) is 0 Å². The monoisotopic (exact) mass is 243 g/mol. The van der Waals surface area contributed by atoms with E-state index >= 15 is 0 Å². The zero-order valence-corrected chi connectivity index (χ0v) is 10.5. The van der Waals surface area contributed by atoms with Gasteiger partial charge < -0.3 is 9.67 Å². The van der Waals surface area contributed by atoms with Crippen molar-refractivity contribution in [1.29, 1.82) is 0 Å². The standard InChI is InChI=1S/C15H17NO2/c1-16-10-12(11-6-2-3-7-13(11)16)15(14(17)18)8-4-5-9-15/h2-3,6-7,10H,4-5,8-9H2,1H3,(H,17,18). The number of aryl methyl sites for hydroxylation is 1. The summed E-state index contributed by atoms with van der Waals surface area (Å²) in [6.07, 6.45) is 5.54. The minimum atomic E-state index is -0.670. The number of hydrogen-bond acceptors (Lipinski definition) is 1. The van der Waals surface area contributed by atoms with E-state index in [0.29, 0.717) is 0 Å². The van der Waals surface area contributed by atoms with Crippen molar-refractivity contribution in [2.45, 2.75) is 31.1 Å². The first kappa shape index (κ1) is 11.3. The molecule has 94 valence electrons. The largest absolute Gasteiger partial charge is 0.481 e. The van der Waals surface area contributed by atoms with Gasteiger partial charge in [-0.1, -0.05) is 31.0 Å². The van der Waals surface area contributed by atoms with E-state index in [1.54, 1.807) is 0 Å². The molecule has 18 heavy (non-hydrogen) atoms. The molecule has 1 heterocycles. The second-order valence-electron chi connectivity index (χ2n) is 5.27. The van der Waals surface area contributed by atoms with E-state index in [0.717, 1.165) is 42.1 Å². The van der Waals surface area contributed by atoms with Crippen LogP contribution < -0.4 is 0 Å². The van der Waals surface area contributed by atoms with Crippen molar-refractivity contribution in [2.24, 2.45) is 7.05 Å². The van der Waals surface area contributed by atoms with Gasteiger partial charge in [0.25, 0.3) is 0 Å². The Morgan fingerprint density at radius 3 is 2.61 bits per heavy atom. The molecule has 0 unspecified atom stereocenters. The van der Waals surface area contributed by atoms with Crippen molar-refractivity contribution in [3.63, 3.8) is 0 Å². The average molecular weight is 243 g/mol. The SMILES string of the molecule is Cn1cc(C2(C(=O)O)CCCC2)c2ccccc21. The second-order valence-corrected chi connectivity index (χ2v) is 5.27. The zero-order chi connectivity index (χ0) is 12.8. The quantitative estimate of drug-likeness (QED) is 0.880. The zero-order valence-electron chi connectivity index (χ0n) is 10.5. The van der Waals surface area contributed by atoms with Gasteiger partial charge in [0.1, 0.15) is 0 Å². The fourth-order valence-electron chi connectivity index (χ4n) is 3.30. The normalized spacial score (nSPS) is 18.3. The first-order valence-electron chi connectivity index (χ1n) is 6.43. The van der Waals surface area contributed by atoms with Crippen LogP contribution in [0.5, 0.6) is 0 Å². The molecule has 3 heteroatoms. The predicted molar refractivity (Wildman–Crippen MR) is 70.7 cm³/mol. The fourth-order valence-corrected chi connectivity index (χ4v) is 3.30. The summed E-state index contributed by atoms with van der Waals surface area (Å²) < 4.78 is 2.04. The Balaban J connectivity index is 2.28. The summed E-state index contributed by atoms with van der Waals surface area (Å²) in [5.74, 6) is -0.670. The van der Waals surface area contributed by atoms with Crippen LogP contribution in [0, 0.1) is 0 Å². The van der Waals surface area contributed by atoms with Crippen molar-refractivity contribution in [3.8, 4) is 0 Å². The molecule has 1 saturated carbocycles. The van der Waals surface area contributed by atoms with Gasteiger partial charge >= 0.3 is 5.97 Å². The molecule has 0 saturated heterocycles. The maximum atomic E-state index is 11.8. The third kappa shape index (κ3) is 1.40. The van der Waals surface area contributed by atoms with Crippen molar-refractivity contribution in [1.82, 2.24) is 4.57 Å². The summed E-state index contributed by atoms with van der Waals surface area (Å²) in [4.78, 5) is 11.8. The van der Waals surface area contributed by atoms with E-state index in [4.69, 9.17) is 0 Å². The Hall–Kier alpha value is -1.77. The number of carboxylic acids is 1. The number of para-hydroxylation sites is 1. The summed E-state index contributed by atoms with van der Waals surface area (Å²) in [5, 5.41) is 10.8. The Morgan fingerprint density at radius 2 is 1.94 bits per heavy atom. The molecule has 1 N–H and O–H groups in total. The molecule has 0 aliphatic heterocycles. The average Bonchev–Trinajstić information content (AvgIpc) is 2.96. The van der Waals surface area contributed by atoms with E-state index in [1.165, 1.54) is 0 Å². The number of hydrogen-bond donors (Lipinski definition) is 1. The van der Waals surface area contributed by atoms with Crippen LogP contribution in [-0.2, 0) is 17.3 Å². The molecular weight excluding hydrogens is 226 g/mol. The Morgan fingerprint density at radius 1 is 1.28 bits per heavy atom. The van der Waals surface area contributed by atoms with Gasteiger partial charge in [0.05, 0.1) is 5.41 Å². The lowest BCUT2D eigenvalue weighted by Gasteiger charge is -2.23. The lowest BCUT2D eigenvalue weighted by Crippen LogP contribution is -2.32. The highest BCUT2D eigenvalue weighted by Gasteiger charge is 2.44. The Labute approximate surface area is 106 Å². The minimum Gasteiger partial charge on any atom is -0.481 e. The van der Waals surface area contributed by atoms with Gasteiger partial charge in [-0.2, -0.15) is 0 Å². The topological polar surface area (TPSA) is 42.2 Å². The third-order valence-corrected chi connectivity index (χ3v) is 4.28. The summed E-state index contributed by atoms with van der Waals surface area (Å²) in [7, 11) is 1.98. The molecule has 0 bridgehead atoms. The van der Waals surface area contributed by atoms with Crippen LogP contribution in [0.3, 0.4) is 0 Å². The Kier molecular flexibility index (Phi) is 2.44. The number of aliphatic carboxylic acids is 1. The molecule has 0 amide bonds. The van der Waals surface area contributed by atoms with E-state index in [2.05, 4.69) is 0 Å². The van der Waals surface area contributed by atoms with Crippen LogP contribution in [-0.4, -0.2) is 15.6 Å². The van der Waals surface area contributed by atoms with Crippen LogP contribution in [0.4, 0.5) is 0 Å². The molecule has 3 rings (SSSR count). The number of nitrogens with zero attached hydrogens (tertiary/aromatic N) is 1. The van der Waals surface area contributed by atoms with E-state index in [9.17, 15) is 9.90 Å². The first-order chi connectivity index (χ1) is 8.65. The Bertz CT molecular complexity index is 606. The van der Waals surface area contributed by atoms with E-state index in [1.807, 2.05) is 42.1 Å². The van der Waals surface area contributed by atoms with Crippen molar-refractivity contribution in [3.05, 3.63) is 36.0 Å².